The van der Waals surface area contributed by atoms with Crippen LogP contribution in [-0.4, -0.2) is 58.8 Å². The van der Waals surface area contributed by atoms with E-state index in [0.717, 1.165) is 6.07 Å². The van der Waals surface area contributed by atoms with E-state index < -0.39 is 47.2 Å². The first kappa shape index (κ1) is 26.7. The summed E-state index contributed by atoms with van der Waals surface area (Å²) in [4.78, 5) is 61.1. The molecule has 0 bridgehead atoms. The minimum Gasteiger partial charge on any atom is -0.508 e. The molecule has 0 spiro atoms. The number of nitrogens with zero attached hydrogens (tertiary/aromatic N) is 1. The molecule has 2 atom stereocenters. The van der Waals surface area contributed by atoms with Crippen LogP contribution in [0.5, 0.6) is 5.75 Å². The summed E-state index contributed by atoms with van der Waals surface area (Å²) in [6, 6.07) is 6.10. The summed E-state index contributed by atoms with van der Waals surface area (Å²) >= 11 is 1.84. The average Bonchev–Trinajstić information content (AvgIpc) is 2.82. The molecule has 0 aromatic heterocycles. The number of nitro groups is 1. The zero-order valence-electron chi connectivity index (χ0n) is 18.7. The van der Waals surface area contributed by atoms with Crippen LogP contribution in [0.1, 0.15) is 22.3 Å². The van der Waals surface area contributed by atoms with Gasteiger partial charge >= 0.3 is 0 Å². The first-order valence-corrected chi connectivity index (χ1v) is 11.8. The van der Waals surface area contributed by atoms with Crippen LogP contribution in [0, 0.1) is 13.7 Å². The van der Waals surface area contributed by atoms with E-state index in [1.807, 2.05) is 22.6 Å². The van der Waals surface area contributed by atoms with Gasteiger partial charge in [-0.3, -0.25) is 29.3 Å². The number of hydrogen-bond acceptors (Lipinski definition) is 8. The van der Waals surface area contributed by atoms with E-state index in [1.165, 1.54) is 18.2 Å². The summed E-state index contributed by atoms with van der Waals surface area (Å²) < 4.78 is 0.359. The number of nitrogens with one attached hydrogen (secondary N) is 4. The van der Waals surface area contributed by atoms with Crippen molar-refractivity contribution in [2.45, 2.75) is 24.9 Å². The lowest BCUT2D eigenvalue weighted by atomic mass is 10.0. The second-order valence-corrected chi connectivity index (χ2v) is 9.12. The van der Waals surface area contributed by atoms with Crippen molar-refractivity contribution >= 4 is 57.6 Å². The number of primary amides is 1. The van der Waals surface area contributed by atoms with Crippen molar-refractivity contribution in [3.8, 4) is 5.75 Å². The largest absolute Gasteiger partial charge is 0.508 e. The van der Waals surface area contributed by atoms with Crippen molar-refractivity contribution in [3.63, 3.8) is 0 Å². The standard InChI is InChI=1S/C22H23IN6O7/c23-15-9-12(29(35)36)8-14-19(15)25-6-5-16(20(24)32)27-18(31)10-26-22(34)17(28-21(14)33)7-11-1-3-13(30)4-2-11/h1-4,8-9,16-17,25,30H,5-7,10H2,(H2,24,32)(H,26,34)(H,27,31)(H,28,33). The van der Waals surface area contributed by atoms with Crippen molar-refractivity contribution in [1.29, 1.82) is 0 Å². The third-order valence-corrected chi connectivity index (χ3v) is 6.22. The molecule has 0 saturated heterocycles. The van der Waals surface area contributed by atoms with E-state index in [4.69, 9.17) is 5.73 Å². The number of rotatable bonds is 4. The van der Waals surface area contributed by atoms with Gasteiger partial charge in [0, 0.05) is 28.7 Å². The van der Waals surface area contributed by atoms with E-state index in [1.54, 1.807) is 12.1 Å². The van der Waals surface area contributed by atoms with Gasteiger partial charge in [0.25, 0.3) is 11.6 Å². The highest BCUT2D eigenvalue weighted by molar-refractivity contribution is 14.1. The molecule has 0 aliphatic carbocycles. The number of anilines is 1. The maximum absolute atomic E-state index is 13.3. The number of non-ortho nitro benzene ring substituents is 1. The van der Waals surface area contributed by atoms with Gasteiger partial charge in [-0.1, -0.05) is 12.1 Å². The van der Waals surface area contributed by atoms with Crippen LogP contribution in [0.25, 0.3) is 0 Å². The van der Waals surface area contributed by atoms with E-state index in [9.17, 15) is 34.4 Å². The molecule has 0 saturated carbocycles. The molecule has 3 rings (SSSR count). The quantitative estimate of drug-likeness (QED) is 0.159. The highest BCUT2D eigenvalue weighted by Gasteiger charge is 2.27. The van der Waals surface area contributed by atoms with Crippen LogP contribution in [0.4, 0.5) is 11.4 Å². The molecule has 1 aliphatic rings. The number of nitro benzene ring substituents is 1. The van der Waals surface area contributed by atoms with Crippen LogP contribution in [0.2, 0.25) is 0 Å². The highest BCUT2D eigenvalue weighted by Crippen LogP contribution is 2.29. The number of amides is 4. The lowest BCUT2D eigenvalue weighted by Crippen LogP contribution is -2.52. The number of phenolic OH excluding ortho intramolecular Hbond substituents is 1. The third kappa shape index (κ3) is 6.80. The molecule has 0 fully saturated rings. The molecule has 0 radical (unpaired) electrons. The van der Waals surface area contributed by atoms with Crippen LogP contribution >= 0.6 is 22.6 Å². The number of nitrogens with two attached hydrogens (primary N) is 1. The molecule has 2 unspecified atom stereocenters. The maximum Gasteiger partial charge on any atom is 0.271 e. The van der Waals surface area contributed by atoms with Crippen LogP contribution in [0.3, 0.4) is 0 Å². The predicted molar refractivity (Wildman–Crippen MR) is 136 cm³/mol. The number of benzene rings is 2. The van der Waals surface area contributed by atoms with Crippen LogP contribution in [0.15, 0.2) is 36.4 Å². The molecule has 1 heterocycles. The molecule has 190 valence electrons. The molecule has 13 nitrogen and oxygen atoms in total. The van der Waals surface area contributed by atoms with E-state index in [0.29, 0.717) is 9.13 Å². The van der Waals surface area contributed by atoms with Gasteiger partial charge in [-0.15, -0.1) is 0 Å². The second kappa shape index (κ2) is 11.7. The fourth-order valence-electron chi connectivity index (χ4n) is 3.53. The fourth-order valence-corrected chi connectivity index (χ4v) is 4.33. The highest BCUT2D eigenvalue weighted by atomic mass is 127. The van der Waals surface area contributed by atoms with Gasteiger partial charge in [0.05, 0.1) is 22.7 Å². The Morgan fingerprint density at radius 1 is 1.14 bits per heavy atom. The molecular weight excluding hydrogens is 587 g/mol. The maximum atomic E-state index is 13.3. The van der Waals surface area contributed by atoms with E-state index in [-0.39, 0.29) is 42.1 Å². The summed E-state index contributed by atoms with van der Waals surface area (Å²) in [7, 11) is 0. The molecular formula is C22H23IN6O7. The van der Waals surface area contributed by atoms with Gasteiger partial charge in [0.1, 0.15) is 17.8 Å². The van der Waals surface area contributed by atoms with Crippen LogP contribution in [-0.2, 0) is 20.8 Å². The zero-order valence-corrected chi connectivity index (χ0v) is 20.9. The molecule has 1 aliphatic heterocycles. The second-order valence-electron chi connectivity index (χ2n) is 7.96. The van der Waals surface area contributed by atoms with Crippen LogP contribution < -0.4 is 27.0 Å². The summed E-state index contributed by atoms with van der Waals surface area (Å²) in [5.74, 6) is -2.88. The van der Waals surface area contributed by atoms with Gasteiger partial charge in [0.15, 0.2) is 0 Å². The number of aromatic hydroxyl groups is 1. The molecule has 14 heteroatoms. The summed E-state index contributed by atoms with van der Waals surface area (Å²) in [6.45, 7) is -0.372. The molecule has 4 amide bonds. The van der Waals surface area contributed by atoms with Gasteiger partial charge < -0.3 is 32.1 Å². The van der Waals surface area contributed by atoms with E-state index in [2.05, 4.69) is 21.3 Å². The molecule has 36 heavy (non-hydrogen) atoms. The third-order valence-electron chi connectivity index (χ3n) is 5.37. The summed E-state index contributed by atoms with van der Waals surface area (Å²) in [6.07, 6.45) is 0.0603. The van der Waals surface area contributed by atoms with Crippen molar-refractivity contribution in [3.05, 3.63) is 61.2 Å². The Morgan fingerprint density at radius 2 is 1.83 bits per heavy atom. The van der Waals surface area contributed by atoms with Crippen molar-refractivity contribution in [2.24, 2.45) is 5.73 Å². The fraction of sp³-hybridized carbons (Fsp3) is 0.273. The lowest BCUT2D eigenvalue weighted by molar-refractivity contribution is -0.384. The topological polar surface area (TPSA) is 206 Å². The van der Waals surface area contributed by atoms with Crippen molar-refractivity contribution in [2.75, 3.05) is 18.4 Å². The first-order chi connectivity index (χ1) is 17.0. The Morgan fingerprint density at radius 3 is 2.47 bits per heavy atom. The van der Waals surface area contributed by atoms with Crippen molar-refractivity contribution < 1.29 is 29.2 Å². The molecule has 2 aromatic rings. The Hall–Kier alpha value is -3.95. The number of halogens is 1. The number of carbonyl (C=O) groups is 4. The van der Waals surface area contributed by atoms with Gasteiger partial charge in [-0.25, -0.2) is 0 Å². The summed E-state index contributed by atoms with van der Waals surface area (Å²) in [5, 5.41) is 31.4. The van der Waals surface area contributed by atoms with Crippen molar-refractivity contribution in [1.82, 2.24) is 16.0 Å². The monoisotopic (exact) mass is 610 g/mol. The SMILES string of the molecule is NC(=O)C1CCNc2c(I)cc([N+](=O)[O-])cc2C(=O)NC(Cc2ccc(O)cc2)C(=O)NCC(=O)N1. The van der Waals surface area contributed by atoms with E-state index >= 15 is 0 Å². The number of phenols is 1. The number of hydrogen-bond donors (Lipinski definition) is 6. The smallest absolute Gasteiger partial charge is 0.271 e. The molecule has 2 aromatic carbocycles. The average molecular weight is 610 g/mol. The Bertz CT molecular complexity index is 1200. The Labute approximate surface area is 218 Å². The number of fused-ring (bicyclic) bond motifs is 1. The lowest BCUT2D eigenvalue weighted by Gasteiger charge is -2.22. The minimum atomic E-state index is -1.17. The molecule has 7 N–H and O–H groups in total. The first-order valence-electron chi connectivity index (χ1n) is 10.7. The minimum absolute atomic E-state index is 0.00182. The van der Waals surface area contributed by atoms with Gasteiger partial charge in [-0.2, -0.15) is 0 Å². The Balaban J connectivity index is 2.02. The number of carbonyl (C=O) groups excluding carboxylic acids is 4. The van der Waals surface area contributed by atoms with Gasteiger partial charge in [-0.05, 0) is 46.7 Å². The Kier molecular flexibility index (Phi) is 8.63. The normalized spacial score (nSPS) is 19.0. The summed E-state index contributed by atoms with van der Waals surface area (Å²) in [5.41, 5.74) is 5.84. The predicted octanol–water partition coefficient (Wildman–Crippen LogP) is 0.148. The zero-order chi connectivity index (χ0) is 26.4. The van der Waals surface area contributed by atoms with Gasteiger partial charge in [0.2, 0.25) is 17.7 Å².